The smallest absolute Gasteiger partial charge is 0.328 e. The van der Waals surface area contributed by atoms with Crippen LogP contribution < -0.4 is 17.0 Å². The lowest BCUT2D eigenvalue weighted by Crippen LogP contribution is -3.00. The van der Waals surface area contributed by atoms with Gasteiger partial charge in [0.15, 0.2) is 6.10 Å². The second-order valence-corrected chi connectivity index (χ2v) is 10.7. The van der Waals surface area contributed by atoms with E-state index in [1.54, 1.807) is 24.3 Å². The van der Waals surface area contributed by atoms with E-state index in [0.717, 1.165) is 68.5 Å². The van der Waals surface area contributed by atoms with Crippen molar-refractivity contribution in [1.82, 2.24) is 4.90 Å². The first-order chi connectivity index (χ1) is 16.5. The van der Waals surface area contributed by atoms with Gasteiger partial charge in [-0.3, -0.25) is 9.69 Å². The molecule has 0 N–H and O–H groups in total. The molecule has 4 fully saturated rings. The molecule has 0 spiro atoms. The number of hydrogen-bond acceptors (Lipinski definition) is 4. The summed E-state index contributed by atoms with van der Waals surface area (Å²) in [6.45, 7) is 5.00. The number of rotatable bonds is 7. The summed E-state index contributed by atoms with van der Waals surface area (Å²) in [4.78, 5) is 29.0. The molecule has 4 heterocycles. The molecule has 0 amide bonds. The lowest BCUT2D eigenvalue weighted by molar-refractivity contribution is -0.938. The van der Waals surface area contributed by atoms with Crippen molar-refractivity contribution in [3.8, 4) is 0 Å². The largest absolute Gasteiger partial charge is 1.00 e. The number of likely N-dealkylation sites (tertiary alicyclic amines) is 1. The van der Waals surface area contributed by atoms with Gasteiger partial charge in [0.1, 0.15) is 19.1 Å². The third kappa shape index (κ3) is 5.99. The van der Waals surface area contributed by atoms with Crippen LogP contribution in [0.25, 0.3) is 0 Å². The van der Waals surface area contributed by atoms with Crippen molar-refractivity contribution < 1.29 is 35.8 Å². The molecular weight excluding hydrogens is 528 g/mol. The Kier molecular flexibility index (Phi) is 8.69. The van der Waals surface area contributed by atoms with Gasteiger partial charge in [0.2, 0.25) is 5.78 Å². The molecule has 0 radical (unpaired) electrons. The lowest BCUT2D eigenvalue weighted by Gasteiger charge is -2.51. The summed E-state index contributed by atoms with van der Waals surface area (Å²) in [5.74, 6) is 0.402. The van der Waals surface area contributed by atoms with Crippen LogP contribution in [0.2, 0.25) is 5.02 Å². The summed E-state index contributed by atoms with van der Waals surface area (Å²) in [7, 11) is 0. The molecule has 1 unspecified atom stereocenters. The lowest BCUT2D eigenvalue weighted by atomic mass is 9.82. The first kappa shape index (κ1) is 26.3. The zero-order valence-electron chi connectivity index (χ0n) is 20.1. The van der Waals surface area contributed by atoms with Gasteiger partial charge in [0.25, 0.3) is 0 Å². The van der Waals surface area contributed by atoms with Crippen molar-refractivity contribution in [3.05, 3.63) is 70.7 Å². The monoisotopic (exact) mass is 560 g/mol. The first-order valence-electron chi connectivity index (χ1n) is 12.7. The SMILES string of the molecule is O=C(C[N+]12CCC(CC1)[C@@H](OC(=O)C(c1ccccc1)N1CCCCC1)C2)c1ccc(Cl)cc1.[Br-]. The Balaban J connectivity index is 0.00000289. The highest BCUT2D eigenvalue weighted by Gasteiger charge is 2.49. The van der Waals surface area contributed by atoms with Crippen LogP contribution in [-0.4, -0.2) is 66.5 Å². The van der Waals surface area contributed by atoms with Crippen LogP contribution in [0.4, 0.5) is 0 Å². The van der Waals surface area contributed by atoms with Gasteiger partial charge < -0.3 is 26.2 Å². The Morgan fingerprint density at radius 1 is 0.971 bits per heavy atom. The van der Waals surface area contributed by atoms with Gasteiger partial charge in [0.05, 0.1) is 13.1 Å². The van der Waals surface area contributed by atoms with Crippen molar-refractivity contribution in [2.75, 3.05) is 39.3 Å². The second kappa shape index (κ2) is 11.5. The molecule has 4 aliphatic rings. The number of benzene rings is 2. The summed E-state index contributed by atoms with van der Waals surface area (Å²) in [6.07, 6.45) is 5.35. The zero-order valence-corrected chi connectivity index (χ0v) is 22.4. The van der Waals surface area contributed by atoms with Crippen LogP contribution in [0, 0.1) is 5.92 Å². The molecule has 2 atom stereocenters. The molecular formula is C28H34BrClN2O3. The van der Waals surface area contributed by atoms with Gasteiger partial charge >= 0.3 is 5.97 Å². The predicted molar refractivity (Wildman–Crippen MR) is 133 cm³/mol. The fraction of sp³-hybridized carbons (Fsp3) is 0.500. The maximum Gasteiger partial charge on any atom is 0.328 e. The number of carbonyl (C=O) groups is 2. The van der Waals surface area contributed by atoms with Crippen LogP contribution in [0.3, 0.4) is 0 Å². The van der Waals surface area contributed by atoms with Gasteiger partial charge in [-0.15, -0.1) is 0 Å². The fourth-order valence-corrected chi connectivity index (χ4v) is 6.26. The van der Waals surface area contributed by atoms with Gasteiger partial charge in [0, 0.05) is 29.3 Å². The van der Waals surface area contributed by atoms with Crippen molar-refractivity contribution in [2.45, 2.75) is 44.2 Å². The minimum Gasteiger partial charge on any atom is -1.00 e. The highest BCUT2D eigenvalue weighted by Crippen LogP contribution is 2.37. The molecule has 0 aromatic heterocycles. The molecule has 6 rings (SSSR count). The number of carbonyl (C=O) groups excluding carboxylic acids is 2. The fourth-order valence-electron chi connectivity index (χ4n) is 6.13. The Morgan fingerprint density at radius 2 is 1.63 bits per heavy atom. The van der Waals surface area contributed by atoms with Crippen molar-refractivity contribution in [2.24, 2.45) is 5.92 Å². The van der Waals surface area contributed by atoms with E-state index < -0.39 is 0 Å². The predicted octanol–water partition coefficient (Wildman–Crippen LogP) is 1.91. The van der Waals surface area contributed by atoms with Crippen molar-refractivity contribution in [3.63, 3.8) is 0 Å². The molecule has 5 nitrogen and oxygen atoms in total. The molecule has 2 bridgehead atoms. The molecule has 4 aliphatic heterocycles. The van der Waals surface area contributed by atoms with E-state index >= 15 is 0 Å². The maximum atomic E-state index is 13.6. The molecule has 35 heavy (non-hydrogen) atoms. The number of ether oxygens (including phenoxy) is 1. The third-order valence-electron chi connectivity index (χ3n) is 8.05. The molecule has 188 valence electrons. The van der Waals surface area contributed by atoms with Crippen molar-refractivity contribution in [1.29, 1.82) is 0 Å². The molecule has 7 heteroatoms. The zero-order chi connectivity index (χ0) is 23.5. The van der Waals surface area contributed by atoms with Crippen LogP contribution in [-0.2, 0) is 9.53 Å². The number of esters is 1. The van der Waals surface area contributed by atoms with Gasteiger partial charge in [-0.05, 0) is 55.8 Å². The number of quaternary nitrogens is 1. The molecule has 0 aliphatic carbocycles. The van der Waals surface area contributed by atoms with Gasteiger partial charge in [-0.1, -0.05) is 48.4 Å². The Labute approximate surface area is 223 Å². The second-order valence-electron chi connectivity index (χ2n) is 10.3. The quantitative estimate of drug-likeness (QED) is 0.294. The average Bonchev–Trinajstić information content (AvgIpc) is 2.86. The standard InChI is InChI=1S/C28H34ClN2O3.BrH/c29-24-11-9-21(10-12-24)25(32)19-31-17-13-22(14-18-31)26(20-31)34-28(33)27(23-7-3-1-4-8-23)30-15-5-2-6-16-30;/h1,3-4,7-12,22,26-27H,2,5-6,13-20H2;1H/q+1;/p-1/t22?,26-,27?,31?;/m0./s1. The normalized spacial score (nSPS) is 27.0. The number of piperidine rings is 4. The number of ketones is 1. The van der Waals surface area contributed by atoms with Gasteiger partial charge in [-0.25, -0.2) is 4.79 Å². The maximum absolute atomic E-state index is 13.6. The number of fused-ring (bicyclic) bond motifs is 3. The number of nitrogens with zero attached hydrogens (tertiary/aromatic N) is 2. The molecule has 4 saturated heterocycles. The first-order valence-corrected chi connectivity index (χ1v) is 13.0. The van der Waals surface area contributed by atoms with E-state index in [1.807, 2.05) is 30.3 Å². The summed E-state index contributed by atoms with van der Waals surface area (Å²) in [6, 6.07) is 16.9. The Morgan fingerprint density at radius 3 is 2.29 bits per heavy atom. The Hall–Kier alpha value is -1.73. The van der Waals surface area contributed by atoms with Crippen LogP contribution in [0.15, 0.2) is 54.6 Å². The van der Waals surface area contributed by atoms with Crippen LogP contribution >= 0.6 is 11.6 Å². The van der Waals surface area contributed by atoms with E-state index in [4.69, 9.17) is 16.3 Å². The number of hydrogen-bond donors (Lipinski definition) is 0. The number of Topliss-reactive ketones (excluding diaryl/α,β-unsaturated/α-hetero) is 1. The third-order valence-corrected chi connectivity index (χ3v) is 8.30. The summed E-state index contributed by atoms with van der Waals surface area (Å²) >= 11 is 6.00. The number of halogens is 2. The van der Waals surface area contributed by atoms with E-state index in [9.17, 15) is 9.59 Å². The average molecular weight is 562 g/mol. The highest BCUT2D eigenvalue weighted by atomic mass is 79.9. The van der Waals surface area contributed by atoms with E-state index in [-0.39, 0.29) is 40.9 Å². The minimum absolute atomic E-state index is 0. The Bertz CT molecular complexity index is 1000. The highest BCUT2D eigenvalue weighted by molar-refractivity contribution is 6.30. The molecule has 2 aromatic carbocycles. The van der Waals surface area contributed by atoms with Crippen molar-refractivity contribution >= 4 is 23.4 Å². The molecule has 0 saturated carbocycles. The van der Waals surface area contributed by atoms with E-state index in [2.05, 4.69) is 4.90 Å². The van der Waals surface area contributed by atoms with E-state index in [1.165, 1.54) is 6.42 Å². The van der Waals surface area contributed by atoms with E-state index in [0.29, 0.717) is 23.0 Å². The summed E-state index contributed by atoms with van der Waals surface area (Å²) < 4.78 is 7.02. The molecule has 2 aromatic rings. The van der Waals surface area contributed by atoms with Crippen LogP contribution in [0.1, 0.15) is 54.1 Å². The topological polar surface area (TPSA) is 46.6 Å². The summed E-state index contributed by atoms with van der Waals surface area (Å²) in [5, 5.41) is 0.635. The van der Waals surface area contributed by atoms with Gasteiger partial charge in [-0.2, -0.15) is 0 Å². The van der Waals surface area contributed by atoms with Crippen LogP contribution in [0.5, 0.6) is 0 Å². The minimum atomic E-state index is -0.346. The summed E-state index contributed by atoms with van der Waals surface area (Å²) in [5.41, 5.74) is 1.71.